The van der Waals surface area contributed by atoms with E-state index < -0.39 is 5.79 Å². The highest BCUT2D eigenvalue weighted by Crippen LogP contribution is 2.36. The molecular formula is C11H14O2S. The number of hydrogen-bond acceptors (Lipinski definition) is 3. The van der Waals surface area contributed by atoms with E-state index in [9.17, 15) is 0 Å². The Hall–Kier alpha value is -0.510. The zero-order chi connectivity index (χ0) is 10.0. The Balaban J connectivity index is 2.39. The molecule has 1 aliphatic heterocycles. The highest BCUT2D eigenvalue weighted by molar-refractivity contribution is 7.98. The lowest BCUT2D eigenvalue weighted by atomic mass is 10.1. The first-order chi connectivity index (χ1) is 6.76. The summed E-state index contributed by atoms with van der Waals surface area (Å²) in [5.41, 5.74) is 1.13. The van der Waals surface area contributed by atoms with E-state index in [4.69, 9.17) is 9.47 Å². The van der Waals surface area contributed by atoms with Gasteiger partial charge in [0.2, 0.25) is 0 Å². The topological polar surface area (TPSA) is 18.5 Å². The fourth-order valence-electron chi connectivity index (χ4n) is 1.69. The van der Waals surface area contributed by atoms with E-state index in [-0.39, 0.29) is 0 Å². The molecule has 0 amide bonds. The number of rotatable bonds is 2. The van der Waals surface area contributed by atoms with Crippen LogP contribution in [0.2, 0.25) is 0 Å². The molecular weight excluding hydrogens is 196 g/mol. The predicted octanol–water partition coefficient (Wildman–Crippen LogP) is 2.63. The van der Waals surface area contributed by atoms with Crippen LogP contribution in [0.5, 0.6) is 0 Å². The Morgan fingerprint density at radius 2 is 1.86 bits per heavy atom. The maximum absolute atomic E-state index is 5.63. The molecule has 1 heterocycles. The van der Waals surface area contributed by atoms with Crippen LogP contribution in [0.25, 0.3) is 0 Å². The Morgan fingerprint density at radius 1 is 1.21 bits per heavy atom. The minimum Gasteiger partial charge on any atom is -0.344 e. The van der Waals surface area contributed by atoms with Crippen molar-refractivity contribution in [1.29, 1.82) is 0 Å². The van der Waals surface area contributed by atoms with Crippen LogP contribution in [0, 0.1) is 0 Å². The maximum atomic E-state index is 5.63. The van der Waals surface area contributed by atoms with Crippen molar-refractivity contribution < 1.29 is 9.47 Å². The zero-order valence-electron chi connectivity index (χ0n) is 8.45. The van der Waals surface area contributed by atoms with Gasteiger partial charge in [-0.2, -0.15) is 0 Å². The van der Waals surface area contributed by atoms with Gasteiger partial charge in [0.25, 0.3) is 0 Å². The standard InChI is InChI=1S/C11H14O2S/c1-11(12-7-8-13-11)9-5-3-4-6-10(9)14-2/h3-6H,7-8H2,1-2H3. The Kier molecular flexibility index (Phi) is 2.81. The molecule has 0 unspecified atom stereocenters. The van der Waals surface area contributed by atoms with Crippen LogP contribution in [0.4, 0.5) is 0 Å². The van der Waals surface area contributed by atoms with E-state index in [0.29, 0.717) is 13.2 Å². The summed E-state index contributed by atoms with van der Waals surface area (Å²) in [7, 11) is 0. The van der Waals surface area contributed by atoms with Crippen molar-refractivity contribution in [2.45, 2.75) is 17.6 Å². The summed E-state index contributed by atoms with van der Waals surface area (Å²) in [4.78, 5) is 1.22. The van der Waals surface area contributed by atoms with Gasteiger partial charge in [-0.05, 0) is 19.2 Å². The second kappa shape index (κ2) is 3.93. The molecule has 14 heavy (non-hydrogen) atoms. The zero-order valence-corrected chi connectivity index (χ0v) is 9.26. The van der Waals surface area contributed by atoms with E-state index in [1.165, 1.54) is 4.90 Å². The molecule has 1 saturated heterocycles. The van der Waals surface area contributed by atoms with Gasteiger partial charge in [0.15, 0.2) is 5.79 Å². The molecule has 1 fully saturated rings. The van der Waals surface area contributed by atoms with Gasteiger partial charge in [0, 0.05) is 10.5 Å². The monoisotopic (exact) mass is 210 g/mol. The van der Waals surface area contributed by atoms with Crippen molar-refractivity contribution >= 4 is 11.8 Å². The van der Waals surface area contributed by atoms with Gasteiger partial charge in [-0.3, -0.25) is 0 Å². The average Bonchev–Trinajstić information content (AvgIpc) is 2.66. The third kappa shape index (κ3) is 1.67. The minimum absolute atomic E-state index is 0.542. The van der Waals surface area contributed by atoms with Crippen LogP contribution in [-0.4, -0.2) is 19.5 Å². The lowest BCUT2D eigenvalue weighted by molar-refractivity contribution is -0.151. The fraction of sp³-hybridized carbons (Fsp3) is 0.455. The SMILES string of the molecule is CSc1ccccc1C1(C)OCCO1. The van der Waals surface area contributed by atoms with Crippen molar-refractivity contribution in [3.63, 3.8) is 0 Å². The second-order valence-corrected chi connectivity index (χ2v) is 4.19. The van der Waals surface area contributed by atoms with Crippen molar-refractivity contribution in [3.05, 3.63) is 29.8 Å². The fourth-order valence-corrected chi connectivity index (χ4v) is 2.38. The van der Waals surface area contributed by atoms with Crippen molar-refractivity contribution in [2.24, 2.45) is 0 Å². The first-order valence-electron chi connectivity index (χ1n) is 4.68. The normalized spacial score (nSPS) is 19.9. The molecule has 0 saturated carbocycles. The minimum atomic E-state index is -0.542. The summed E-state index contributed by atoms with van der Waals surface area (Å²) in [6.07, 6.45) is 2.07. The molecule has 76 valence electrons. The van der Waals surface area contributed by atoms with Gasteiger partial charge < -0.3 is 9.47 Å². The van der Waals surface area contributed by atoms with Gasteiger partial charge in [0.1, 0.15) is 0 Å². The van der Waals surface area contributed by atoms with Crippen LogP contribution in [0.15, 0.2) is 29.2 Å². The first-order valence-corrected chi connectivity index (χ1v) is 5.90. The Bertz CT molecular complexity index is 319. The molecule has 0 N–H and O–H groups in total. The highest BCUT2D eigenvalue weighted by Gasteiger charge is 2.34. The van der Waals surface area contributed by atoms with Gasteiger partial charge in [-0.25, -0.2) is 0 Å². The van der Waals surface area contributed by atoms with E-state index in [0.717, 1.165) is 5.56 Å². The average molecular weight is 210 g/mol. The summed E-state index contributed by atoms with van der Waals surface area (Å²) in [5.74, 6) is -0.542. The summed E-state index contributed by atoms with van der Waals surface area (Å²) in [6, 6.07) is 8.21. The molecule has 1 aromatic carbocycles. The third-order valence-electron chi connectivity index (χ3n) is 2.43. The Labute approximate surface area is 88.6 Å². The first kappa shape index (κ1) is 10.0. The largest absolute Gasteiger partial charge is 0.344 e. The van der Waals surface area contributed by atoms with Crippen molar-refractivity contribution in [3.8, 4) is 0 Å². The predicted molar refractivity (Wildman–Crippen MR) is 57.5 cm³/mol. The van der Waals surface area contributed by atoms with Gasteiger partial charge in [-0.1, -0.05) is 18.2 Å². The molecule has 2 nitrogen and oxygen atoms in total. The number of benzene rings is 1. The Morgan fingerprint density at radius 3 is 2.50 bits per heavy atom. The van der Waals surface area contributed by atoms with E-state index in [1.54, 1.807) is 11.8 Å². The smallest absolute Gasteiger partial charge is 0.193 e. The lowest BCUT2D eigenvalue weighted by Gasteiger charge is -2.24. The quantitative estimate of drug-likeness (QED) is 0.699. The molecule has 2 rings (SSSR count). The third-order valence-corrected chi connectivity index (χ3v) is 3.23. The molecule has 0 aliphatic carbocycles. The molecule has 0 atom stereocenters. The van der Waals surface area contributed by atoms with E-state index in [2.05, 4.69) is 18.4 Å². The summed E-state index contributed by atoms with van der Waals surface area (Å²) >= 11 is 1.72. The molecule has 1 aliphatic rings. The lowest BCUT2D eigenvalue weighted by Crippen LogP contribution is -2.23. The molecule has 0 spiro atoms. The van der Waals surface area contributed by atoms with Gasteiger partial charge in [0.05, 0.1) is 13.2 Å². The number of thioether (sulfide) groups is 1. The van der Waals surface area contributed by atoms with Gasteiger partial charge in [-0.15, -0.1) is 11.8 Å². The molecule has 0 aromatic heterocycles. The summed E-state index contributed by atoms with van der Waals surface area (Å²) < 4.78 is 11.3. The highest BCUT2D eigenvalue weighted by atomic mass is 32.2. The molecule has 0 radical (unpaired) electrons. The van der Waals surface area contributed by atoms with Crippen LogP contribution in [-0.2, 0) is 15.3 Å². The molecule has 1 aromatic rings. The molecule has 0 bridgehead atoms. The summed E-state index contributed by atoms with van der Waals surface area (Å²) in [6.45, 7) is 3.34. The summed E-state index contributed by atoms with van der Waals surface area (Å²) in [5, 5.41) is 0. The van der Waals surface area contributed by atoms with Crippen molar-refractivity contribution in [1.82, 2.24) is 0 Å². The van der Waals surface area contributed by atoms with Crippen LogP contribution in [0.1, 0.15) is 12.5 Å². The van der Waals surface area contributed by atoms with E-state index >= 15 is 0 Å². The number of ether oxygens (including phenoxy) is 2. The van der Waals surface area contributed by atoms with Gasteiger partial charge >= 0.3 is 0 Å². The van der Waals surface area contributed by atoms with Crippen LogP contribution < -0.4 is 0 Å². The maximum Gasteiger partial charge on any atom is 0.193 e. The van der Waals surface area contributed by atoms with E-state index in [1.807, 2.05) is 19.1 Å². The number of hydrogen-bond donors (Lipinski definition) is 0. The van der Waals surface area contributed by atoms with Crippen molar-refractivity contribution in [2.75, 3.05) is 19.5 Å². The van der Waals surface area contributed by atoms with Crippen LogP contribution >= 0.6 is 11.8 Å². The molecule has 3 heteroatoms. The van der Waals surface area contributed by atoms with Crippen LogP contribution in [0.3, 0.4) is 0 Å². The second-order valence-electron chi connectivity index (χ2n) is 3.34.